The summed E-state index contributed by atoms with van der Waals surface area (Å²) in [6.45, 7) is 15.4. The van der Waals surface area contributed by atoms with Crippen molar-refractivity contribution < 1.29 is 30.6 Å². The zero-order valence-corrected chi connectivity index (χ0v) is 31.7. The molecular weight excluding hydrogens is 705 g/mol. The average Bonchev–Trinajstić information content (AvgIpc) is 3.28. The van der Waals surface area contributed by atoms with E-state index in [9.17, 15) is 0 Å². The van der Waals surface area contributed by atoms with Crippen molar-refractivity contribution in [2.24, 2.45) is 7.05 Å². The van der Waals surface area contributed by atoms with E-state index in [4.69, 9.17) is 15.0 Å². The molecule has 228 valence electrons. The van der Waals surface area contributed by atoms with Gasteiger partial charge in [-0.1, -0.05) is 125 Å². The zero-order valence-electron chi connectivity index (χ0n) is 28.1. The standard InChI is InChI=1S/C37H41N3O.2CH3.Hf/c1-22(2)26-16-12-17-27(23(3)4)34(26)38-32-20-25(7)21-33-35(32)39-37(40(33)8)31-15-11-10-14-29(31)30-19-13-18-28(24(5)6)36(30)41-9;;;/h10-24H,9H2,1-8H3;2*1H3;/q-2;2*-1;+4. The van der Waals surface area contributed by atoms with Crippen LogP contribution in [0.3, 0.4) is 0 Å². The Morgan fingerprint density at radius 3 is 1.82 bits per heavy atom. The number of benzene rings is 4. The average molecular weight is 752 g/mol. The van der Waals surface area contributed by atoms with Crippen molar-refractivity contribution in [2.75, 3.05) is 0 Å². The fraction of sp³-hybridized carbons (Fsp3) is 0.282. The van der Waals surface area contributed by atoms with Crippen molar-refractivity contribution >= 4 is 22.4 Å². The van der Waals surface area contributed by atoms with E-state index in [1.165, 1.54) is 11.1 Å². The van der Waals surface area contributed by atoms with Gasteiger partial charge in [-0.3, -0.25) is 0 Å². The van der Waals surface area contributed by atoms with Gasteiger partial charge in [0.1, 0.15) is 5.82 Å². The SMILES string of the molecule is [CH2-]Oc1c(-c2ccccc2-c2nc3c([N-]c4c(C(C)C)cccc4C(C)C)cc(C)cc3n2C)cccc1C(C)C.[CH3-].[CH3-].[Hf+4]. The first-order chi connectivity index (χ1) is 19.6. The molecule has 0 fully saturated rings. The molecule has 5 rings (SSSR count). The van der Waals surface area contributed by atoms with Crippen molar-refractivity contribution in [3.63, 3.8) is 0 Å². The molecule has 0 aliphatic rings. The Balaban J connectivity index is 0.00000225. The molecule has 0 aliphatic heterocycles. The summed E-state index contributed by atoms with van der Waals surface area (Å²) in [5.74, 6) is 2.75. The van der Waals surface area contributed by atoms with E-state index in [0.717, 1.165) is 61.8 Å². The van der Waals surface area contributed by atoms with Crippen LogP contribution in [-0.2, 0) is 32.9 Å². The van der Waals surface area contributed by atoms with Crippen LogP contribution in [0.4, 0.5) is 11.4 Å². The summed E-state index contributed by atoms with van der Waals surface area (Å²) in [7, 11) is 5.90. The second-order valence-corrected chi connectivity index (χ2v) is 11.9. The van der Waals surface area contributed by atoms with Gasteiger partial charge in [0.25, 0.3) is 0 Å². The van der Waals surface area contributed by atoms with Crippen LogP contribution in [0.2, 0.25) is 0 Å². The van der Waals surface area contributed by atoms with Crippen LogP contribution < -0.4 is 4.74 Å². The van der Waals surface area contributed by atoms with Gasteiger partial charge < -0.3 is 29.5 Å². The smallest absolute Gasteiger partial charge is 0.665 e. The summed E-state index contributed by atoms with van der Waals surface area (Å²) < 4.78 is 7.93. The van der Waals surface area contributed by atoms with Gasteiger partial charge >= 0.3 is 25.8 Å². The third-order valence-corrected chi connectivity index (χ3v) is 7.96. The normalized spacial score (nSPS) is 10.9. The Morgan fingerprint density at radius 2 is 1.25 bits per heavy atom. The van der Waals surface area contributed by atoms with Crippen molar-refractivity contribution in [1.82, 2.24) is 9.55 Å². The van der Waals surface area contributed by atoms with Crippen molar-refractivity contribution in [2.45, 2.75) is 66.2 Å². The molecule has 5 heteroatoms. The third kappa shape index (κ3) is 6.88. The number of ether oxygens (including phenoxy) is 1. The Labute approximate surface area is 285 Å². The minimum atomic E-state index is 0. The largest absolute Gasteiger partial charge is 4.00 e. The quantitative estimate of drug-likeness (QED) is 0.117. The van der Waals surface area contributed by atoms with Crippen molar-refractivity contribution in [3.05, 3.63) is 122 Å². The summed E-state index contributed by atoms with van der Waals surface area (Å²) in [5, 5.41) is 5.36. The summed E-state index contributed by atoms with van der Waals surface area (Å²) in [6.07, 6.45) is 0. The maximum Gasteiger partial charge on any atom is 4.00 e. The Hall–Kier alpha value is -3.18. The molecular formula is C39H47HfN3O. The molecule has 0 unspecified atom stereocenters. The Bertz CT molecular complexity index is 1690. The fourth-order valence-corrected chi connectivity index (χ4v) is 5.79. The maximum atomic E-state index is 5.74. The number of hydrogen-bond donors (Lipinski definition) is 0. The molecule has 0 amide bonds. The van der Waals surface area contributed by atoms with Gasteiger partial charge in [-0.15, -0.1) is 11.4 Å². The van der Waals surface area contributed by atoms with Gasteiger partial charge in [0, 0.05) is 18.2 Å². The Morgan fingerprint density at radius 1 is 0.727 bits per heavy atom. The predicted molar refractivity (Wildman–Crippen MR) is 187 cm³/mol. The molecule has 0 aliphatic carbocycles. The minimum Gasteiger partial charge on any atom is -0.665 e. The van der Waals surface area contributed by atoms with Gasteiger partial charge in [-0.2, -0.15) is 7.11 Å². The number of rotatable bonds is 8. The van der Waals surface area contributed by atoms with Gasteiger partial charge in [0.15, 0.2) is 0 Å². The van der Waals surface area contributed by atoms with Gasteiger partial charge in [0.2, 0.25) is 0 Å². The monoisotopic (exact) mass is 753 g/mol. The van der Waals surface area contributed by atoms with E-state index < -0.39 is 0 Å². The first-order valence-electron chi connectivity index (χ1n) is 14.6. The summed E-state index contributed by atoms with van der Waals surface area (Å²) >= 11 is 0. The molecule has 4 nitrogen and oxygen atoms in total. The van der Waals surface area contributed by atoms with Crippen LogP contribution in [-0.4, -0.2) is 9.55 Å². The molecule has 4 aromatic carbocycles. The molecule has 0 saturated heterocycles. The summed E-state index contributed by atoms with van der Waals surface area (Å²) in [4.78, 5) is 5.28. The number of para-hydroxylation sites is 2. The van der Waals surface area contributed by atoms with Crippen LogP contribution in [0.15, 0.2) is 72.8 Å². The molecule has 0 saturated carbocycles. The molecule has 5 aromatic rings. The van der Waals surface area contributed by atoms with E-state index >= 15 is 0 Å². The number of hydrogen-bond acceptors (Lipinski definition) is 2. The van der Waals surface area contributed by atoms with E-state index in [1.807, 2.05) is 0 Å². The van der Waals surface area contributed by atoms with Crippen LogP contribution in [0.25, 0.3) is 38.9 Å². The van der Waals surface area contributed by atoms with Crippen molar-refractivity contribution in [1.29, 1.82) is 0 Å². The summed E-state index contributed by atoms with van der Waals surface area (Å²) in [6, 6.07) is 25.7. The van der Waals surface area contributed by atoms with Crippen LogP contribution in [0.5, 0.6) is 5.75 Å². The number of nitrogens with zero attached hydrogens (tertiary/aromatic N) is 3. The fourth-order valence-electron chi connectivity index (χ4n) is 5.79. The van der Waals surface area contributed by atoms with Gasteiger partial charge in [-0.05, 0) is 41.9 Å². The Kier molecular flexibility index (Phi) is 12.8. The van der Waals surface area contributed by atoms with Gasteiger partial charge in [0.05, 0.1) is 16.8 Å². The zero-order chi connectivity index (χ0) is 29.4. The number of aryl methyl sites for hydroxylation is 2. The molecule has 0 radical (unpaired) electrons. The first kappa shape index (κ1) is 37.0. The third-order valence-electron chi connectivity index (χ3n) is 7.96. The number of imidazole rings is 1. The second kappa shape index (κ2) is 15.2. The van der Waals surface area contributed by atoms with Gasteiger partial charge in [-0.25, -0.2) is 4.98 Å². The van der Waals surface area contributed by atoms with Crippen LogP contribution >= 0.6 is 0 Å². The van der Waals surface area contributed by atoms with Crippen molar-refractivity contribution in [3.8, 4) is 28.3 Å². The molecule has 0 spiro atoms. The maximum absolute atomic E-state index is 5.74. The molecule has 1 heterocycles. The number of aromatic nitrogens is 2. The van der Waals surface area contributed by atoms with E-state index in [2.05, 4.69) is 140 Å². The number of fused-ring (bicyclic) bond motifs is 1. The summed E-state index contributed by atoms with van der Waals surface area (Å²) in [5.41, 5.74) is 11.9. The molecule has 0 atom stereocenters. The van der Waals surface area contributed by atoms with E-state index in [1.54, 1.807) is 0 Å². The molecule has 44 heavy (non-hydrogen) atoms. The minimum absolute atomic E-state index is 0. The van der Waals surface area contributed by atoms with E-state index in [0.29, 0.717) is 17.8 Å². The second-order valence-electron chi connectivity index (χ2n) is 11.9. The van der Waals surface area contributed by atoms with Crippen LogP contribution in [0, 0.1) is 28.9 Å². The molecule has 0 N–H and O–H groups in total. The van der Waals surface area contributed by atoms with Crippen LogP contribution in [0.1, 0.15) is 81.5 Å². The molecule has 0 bridgehead atoms. The first-order valence-corrected chi connectivity index (χ1v) is 14.6. The van der Waals surface area contributed by atoms with E-state index in [-0.39, 0.29) is 40.7 Å². The molecule has 1 aromatic heterocycles. The topological polar surface area (TPSA) is 41.1 Å². The predicted octanol–water partition coefficient (Wildman–Crippen LogP) is 12.0.